The number of hydrogen-bond donors (Lipinski definition) is 1. The summed E-state index contributed by atoms with van der Waals surface area (Å²) in [6, 6.07) is 12.2. The summed E-state index contributed by atoms with van der Waals surface area (Å²) >= 11 is 6.20. The average Bonchev–Trinajstić information content (AvgIpc) is 3.07. The largest absolute Gasteiger partial charge is 0.356 e. The Morgan fingerprint density at radius 1 is 1.15 bits per heavy atom. The fourth-order valence-electron chi connectivity index (χ4n) is 2.86. The molecule has 7 heteroatoms. The molecule has 1 heterocycles. The number of para-hydroxylation sites is 1. The van der Waals surface area contributed by atoms with Crippen LogP contribution in [0.2, 0.25) is 5.02 Å². The van der Waals surface area contributed by atoms with E-state index in [-0.39, 0.29) is 18.2 Å². The number of hydrogen-bond acceptors (Lipinski definition) is 4. The van der Waals surface area contributed by atoms with Crippen molar-refractivity contribution in [3.63, 3.8) is 0 Å². The molecular weight excluding hydrogens is 366 g/mol. The van der Waals surface area contributed by atoms with Crippen molar-refractivity contribution in [3.8, 4) is 0 Å². The molecule has 0 aliphatic rings. The lowest BCUT2D eigenvalue weighted by Gasteiger charge is -2.19. The van der Waals surface area contributed by atoms with Crippen molar-refractivity contribution in [1.82, 2.24) is 10.1 Å². The van der Waals surface area contributed by atoms with Gasteiger partial charge in [-0.2, -0.15) is 0 Å². The van der Waals surface area contributed by atoms with Crippen molar-refractivity contribution in [3.05, 3.63) is 58.7 Å². The first kappa shape index (κ1) is 18.9. The Morgan fingerprint density at radius 2 is 1.89 bits per heavy atom. The minimum atomic E-state index is -0.289. The third-order valence-corrected chi connectivity index (χ3v) is 4.65. The van der Waals surface area contributed by atoms with E-state index < -0.39 is 0 Å². The summed E-state index contributed by atoms with van der Waals surface area (Å²) in [5.74, 6) is -0.391. The monoisotopic (exact) mass is 385 g/mol. The first-order valence-electron chi connectivity index (χ1n) is 8.75. The Hall–Kier alpha value is -2.86. The van der Waals surface area contributed by atoms with Crippen LogP contribution in [0.4, 0.5) is 5.69 Å². The number of rotatable bonds is 6. The van der Waals surface area contributed by atoms with E-state index in [1.165, 1.54) is 0 Å². The fourth-order valence-corrected chi connectivity index (χ4v) is 3.02. The zero-order chi connectivity index (χ0) is 19.4. The van der Waals surface area contributed by atoms with Crippen LogP contribution in [0.3, 0.4) is 0 Å². The number of nitrogens with one attached hydrogen (secondary N) is 1. The predicted octanol–water partition coefficient (Wildman–Crippen LogP) is 4.14. The predicted molar refractivity (Wildman–Crippen MR) is 105 cm³/mol. The minimum absolute atomic E-state index is 0.0432. The van der Waals surface area contributed by atoms with Crippen molar-refractivity contribution in [2.75, 3.05) is 18.4 Å². The minimum Gasteiger partial charge on any atom is -0.356 e. The lowest BCUT2D eigenvalue weighted by Crippen LogP contribution is -2.30. The molecule has 3 aromatic rings. The number of nitrogens with zero attached hydrogens (tertiary/aromatic N) is 2. The first-order valence-corrected chi connectivity index (χ1v) is 9.13. The van der Waals surface area contributed by atoms with Crippen molar-refractivity contribution in [2.45, 2.75) is 20.3 Å². The van der Waals surface area contributed by atoms with Gasteiger partial charge in [0.2, 0.25) is 5.91 Å². The molecule has 0 saturated carbocycles. The number of halogens is 1. The van der Waals surface area contributed by atoms with Gasteiger partial charge in [-0.25, -0.2) is 0 Å². The molecule has 2 amide bonds. The van der Waals surface area contributed by atoms with E-state index in [4.69, 9.17) is 16.1 Å². The van der Waals surface area contributed by atoms with Crippen LogP contribution in [0.1, 0.15) is 29.9 Å². The average molecular weight is 386 g/mol. The van der Waals surface area contributed by atoms with Crippen LogP contribution in [0, 0.1) is 0 Å². The summed E-state index contributed by atoms with van der Waals surface area (Å²) < 4.78 is 5.22. The maximum atomic E-state index is 12.5. The summed E-state index contributed by atoms with van der Waals surface area (Å²) in [5.41, 5.74) is 2.05. The summed E-state index contributed by atoms with van der Waals surface area (Å²) in [4.78, 5) is 26.7. The maximum Gasteiger partial charge on any atom is 0.253 e. The van der Waals surface area contributed by atoms with Gasteiger partial charge in [0, 0.05) is 24.0 Å². The molecular formula is C20H20ClN3O3. The van der Waals surface area contributed by atoms with Gasteiger partial charge in [0.15, 0.2) is 5.58 Å². The Morgan fingerprint density at radius 3 is 2.63 bits per heavy atom. The van der Waals surface area contributed by atoms with Crippen molar-refractivity contribution < 1.29 is 14.1 Å². The van der Waals surface area contributed by atoms with Crippen LogP contribution in [-0.4, -0.2) is 35.0 Å². The van der Waals surface area contributed by atoms with Gasteiger partial charge in [-0.3, -0.25) is 9.59 Å². The Labute approximate surface area is 162 Å². The standard InChI is InChI=1S/C20H20ClN3O3/c1-3-24(4-2)20(26)13-9-10-15(21)17(11-13)22-19(25)12-16-14-7-5-6-8-18(14)27-23-16/h5-11H,3-4,12H2,1-2H3,(H,22,25). The van der Waals surface area contributed by atoms with E-state index >= 15 is 0 Å². The van der Waals surface area contributed by atoms with Gasteiger partial charge in [0.25, 0.3) is 5.91 Å². The van der Waals surface area contributed by atoms with E-state index in [2.05, 4.69) is 10.5 Å². The molecule has 0 aliphatic carbocycles. The molecule has 2 aromatic carbocycles. The molecule has 0 spiro atoms. The molecule has 0 bridgehead atoms. The highest BCUT2D eigenvalue weighted by Gasteiger charge is 2.17. The number of anilines is 1. The molecule has 0 radical (unpaired) electrons. The summed E-state index contributed by atoms with van der Waals surface area (Å²) in [7, 11) is 0. The quantitative estimate of drug-likeness (QED) is 0.691. The third-order valence-electron chi connectivity index (χ3n) is 4.32. The number of carbonyl (C=O) groups excluding carboxylic acids is 2. The molecule has 3 rings (SSSR count). The molecule has 1 N–H and O–H groups in total. The molecule has 0 saturated heterocycles. The van der Waals surface area contributed by atoms with Crippen LogP contribution in [0.15, 0.2) is 47.0 Å². The van der Waals surface area contributed by atoms with E-state index in [0.29, 0.717) is 40.6 Å². The zero-order valence-corrected chi connectivity index (χ0v) is 15.9. The van der Waals surface area contributed by atoms with Gasteiger partial charge >= 0.3 is 0 Å². The molecule has 0 fully saturated rings. The van der Waals surface area contributed by atoms with Crippen molar-refractivity contribution in [2.24, 2.45) is 0 Å². The molecule has 140 valence electrons. The van der Waals surface area contributed by atoms with Gasteiger partial charge in [-0.15, -0.1) is 0 Å². The van der Waals surface area contributed by atoms with Gasteiger partial charge in [-0.1, -0.05) is 28.9 Å². The van der Waals surface area contributed by atoms with Gasteiger partial charge in [0.1, 0.15) is 5.69 Å². The topological polar surface area (TPSA) is 75.4 Å². The second-order valence-electron chi connectivity index (χ2n) is 6.02. The summed E-state index contributed by atoms with van der Waals surface area (Å²) in [5, 5.41) is 7.88. The first-order chi connectivity index (χ1) is 13.0. The molecule has 27 heavy (non-hydrogen) atoms. The number of benzene rings is 2. The highest BCUT2D eigenvalue weighted by Crippen LogP contribution is 2.25. The van der Waals surface area contributed by atoms with Gasteiger partial charge in [-0.05, 0) is 44.2 Å². The van der Waals surface area contributed by atoms with Crippen LogP contribution >= 0.6 is 11.6 Å². The molecule has 0 aliphatic heterocycles. The second-order valence-corrected chi connectivity index (χ2v) is 6.43. The van der Waals surface area contributed by atoms with Crippen LogP contribution < -0.4 is 5.32 Å². The van der Waals surface area contributed by atoms with Crippen molar-refractivity contribution >= 4 is 40.1 Å². The van der Waals surface area contributed by atoms with Crippen LogP contribution in [0.5, 0.6) is 0 Å². The molecule has 0 atom stereocenters. The lowest BCUT2D eigenvalue weighted by molar-refractivity contribution is -0.115. The summed E-state index contributed by atoms with van der Waals surface area (Å²) in [6.45, 7) is 5.06. The fraction of sp³-hybridized carbons (Fsp3) is 0.250. The van der Waals surface area contributed by atoms with Crippen LogP contribution in [-0.2, 0) is 11.2 Å². The maximum absolute atomic E-state index is 12.5. The van der Waals surface area contributed by atoms with E-state index in [1.807, 2.05) is 32.0 Å². The second kappa shape index (κ2) is 8.22. The number of fused-ring (bicyclic) bond motifs is 1. The van der Waals surface area contributed by atoms with Gasteiger partial charge < -0.3 is 14.7 Å². The van der Waals surface area contributed by atoms with Crippen LogP contribution in [0.25, 0.3) is 11.0 Å². The van der Waals surface area contributed by atoms with Gasteiger partial charge in [0.05, 0.1) is 17.1 Å². The zero-order valence-electron chi connectivity index (χ0n) is 15.2. The molecule has 6 nitrogen and oxygen atoms in total. The third kappa shape index (κ3) is 4.11. The number of amides is 2. The highest BCUT2D eigenvalue weighted by atomic mass is 35.5. The Balaban J connectivity index is 1.77. The van der Waals surface area contributed by atoms with Crippen molar-refractivity contribution in [1.29, 1.82) is 0 Å². The van der Waals surface area contributed by atoms with E-state index in [9.17, 15) is 9.59 Å². The van der Waals surface area contributed by atoms with E-state index in [0.717, 1.165) is 5.39 Å². The number of aromatic nitrogens is 1. The highest BCUT2D eigenvalue weighted by molar-refractivity contribution is 6.34. The smallest absolute Gasteiger partial charge is 0.253 e. The Kier molecular flexibility index (Phi) is 5.76. The Bertz CT molecular complexity index is 980. The lowest BCUT2D eigenvalue weighted by atomic mass is 10.1. The SMILES string of the molecule is CCN(CC)C(=O)c1ccc(Cl)c(NC(=O)Cc2noc3ccccc23)c1. The molecule has 0 unspecified atom stereocenters. The molecule has 1 aromatic heterocycles. The summed E-state index contributed by atoms with van der Waals surface area (Å²) in [6.07, 6.45) is 0.0432. The van der Waals surface area contributed by atoms with E-state index in [1.54, 1.807) is 29.2 Å². The number of carbonyl (C=O) groups is 2. The normalized spacial score (nSPS) is 10.8.